The zero-order chi connectivity index (χ0) is 15.1. The second-order valence-electron chi connectivity index (χ2n) is 4.72. The Hall–Kier alpha value is -1.81. The molecule has 21 heavy (non-hydrogen) atoms. The van der Waals surface area contributed by atoms with E-state index in [1.54, 1.807) is 25.1 Å². The molecule has 2 rings (SSSR count). The summed E-state index contributed by atoms with van der Waals surface area (Å²) >= 11 is 1.24. The second-order valence-corrected chi connectivity index (χ2v) is 6.10. The van der Waals surface area contributed by atoms with Crippen LogP contribution in [0, 0.1) is 5.82 Å². The second kappa shape index (κ2) is 7.84. The molecule has 0 fully saturated rings. The van der Waals surface area contributed by atoms with Crippen LogP contribution in [0.4, 0.5) is 4.39 Å². The van der Waals surface area contributed by atoms with Crippen LogP contribution in [0.3, 0.4) is 0 Å². The minimum atomic E-state index is -0.322. The lowest BCUT2D eigenvalue weighted by Gasteiger charge is -2.12. The van der Waals surface area contributed by atoms with Gasteiger partial charge >= 0.3 is 0 Å². The van der Waals surface area contributed by atoms with Gasteiger partial charge in [0.15, 0.2) is 0 Å². The molecular formula is C17H18FNOS. The van der Waals surface area contributed by atoms with Crippen LogP contribution in [0.25, 0.3) is 0 Å². The number of benzene rings is 2. The predicted molar refractivity (Wildman–Crippen MR) is 84.9 cm³/mol. The number of halogens is 1. The molecule has 0 saturated carbocycles. The van der Waals surface area contributed by atoms with E-state index in [4.69, 9.17) is 0 Å². The average Bonchev–Trinajstić information content (AvgIpc) is 2.50. The van der Waals surface area contributed by atoms with Crippen molar-refractivity contribution < 1.29 is 9.18 Å². The summed E-state index contributed by atoms with van der Waals surface area (Å²) in [6.07, 6.45) is 0.795. The number of nitrogens with one attached hydrogen (secondary N) is 1. The summed E-state index contributed by atoms with van der Waals surface area (Å²) in [7, 11) is 0. The van der Waals surface area contributed by atoms with E-state index in [0.29, 0.717) is 11.4 Å². The SMILES string of the molecule is CC(Sc1ccccc1F)C(=O)NCCc1ccccc1. The molecule has 0 spiro atoms. The van der Waals surface area contributed by atoms with E-state index in [0.717, 1.165) is 6.42 Å². The minimum absolute atomic E-state index is 0.0702. The van der Waals surface area contributed by atoms with Gasteiger partial charge in [0, 0.05) is 11.4 Å². The number of carbonyl (C=O) groups excluding carboxylic acids is 1. The molecule has 1 atom stereocenters. The van der Waals surface area contributed by atoms with Gasteiger partial charge in [-0.05, 0) is 31.0 Å². The van der Waals surface area contributed by atoms with Gasteiger partial charge in [-0.3, -0.25) is 4.79 Å². The molecule has 4 heteroatoms. The summed E-state index contributed by atoms with van der Waals surface area (Å²) in [4.78, 5) is 12.5. The lowest BCUT2D eigenvalue weighted by Crippen LogP contribution is -2.32. The van der Waals surface area contributed by atoms with Crippen molar-refractivity contribution in [3.8, 4) is 0 Å². The molecule has 0 heterocycles. The van der Waals surface area contributed by atoms with Gasteiger partial charge in [0.05, 0.1) is 5.25 Å². The van der Waals surface area contributed by atoms with Crippen LogP contribution in [0.2, 0.25) is 0 Å². The molecule has 110 valence electrons. The van der Waals surface area contributed by atoms with Crippen LogP contribution in [-0.4, -0.2) is 17.7 Å². The predicted octanol–water partition coefficient (Wildman–Crippen LogP) is 3.67. The fraction of sp³-hybridized carbons (Fsp3) is 0.235. The zero-order valence-corrected chi connectivity index (χ0v) is 12.7. The largest absolute Gasteiger partial charge is 0.355 e. The van der Waals surface area contributed by atoms with Crippen molar-refractivity contribution in [2.75, 3.05) is 6.54 Å². The van der Waals surface area contributed by atoms with Gasteiger partial charge in [0.2, 0.25) is 5.91 Å². The van der Waals surface area contributed by atoms with Crippen molar-refractivity contribution in [2.45, 2.75) is 23.5 Å². The lowest BCUT2D eigenvalue weighted by atomic mass is 10.1. The molecule has 1 unspecified atom stereocenters. The molecule has 0 aromatic heterocycles. The number of hydrogen-bond donors (Lipinski definition) is 1. The monoisotopic (exact) mass is 303 g/mol. The maximum Gasteiger partial charge on any atom is 0.233 e. The fourth-order valence-electron chi connectivity index (χ4n) is 1.90. The number of carbonyl (C=O) groups is 1. The van der Waals surface area contributed by atoms with Crippen molar-refractivity contribution in [1.82, 2.24) is 5.32 Å². The Bertz CT molecular complexity index is 588. The summed E-state index contributed by atoms with van der Waals surface area (Å²) < 4.78 is 13.5. The van der Waals surface area contributed by atoms with Gasteiger partial charge in [0.25, 0.3) is 0 Å². The number of amides is 1. The van der Waals surface area contributed by atoms with Crippen LogP contribution in [0.5, 0.6) is 0 Å². The molecular weight excluding hydrogens is 285 g/mol. The van der Waals surface area contributed by atoms with E-state index in [2.05, 4.69) is 5.32 Å². The zero-order valence-electron chi connectivity index (χ0n) is 11.9. The summed E-state index contributed by atoms with van der Waals surface area (Å²) in [6, 6.07) is 16.5. The smallest absolute Gasteiger partial charge is 0.233 e. The molecule has 2 nitrogen and oxygen atoms in total. The topological polar surface area (TPSA) is 29.1 Å². The Morgan fingerprint density at radius 2 is 1.81 bits per heavy atom. The average molecular weight is 303 g/mol. The van der Waals surface area contributed by atoms with Gasteiger partial charge < -0.3 is 5.32 Å². The highest BCUT2D eigenvalue weighted by Crippen LogP contribution is 2.25. The first-order valence-electron chi connectivity index (χ1n) is 6.89. The maximum atomic E-state index is 13.5. The van der Waals surface area contributed by atoms with Gasteiger partial charge in [-0.25, -0.2) is 4.39 Å². The Kier molecular flexibility index (Phi) is 5.81. The van der Waals surface area contributed by atoms with E-state index in [1.807, 2.05) is 30.3 Å². The van der Waals surface area contributed by atoms with E-state index in [-0.39, 0.29) is 17.0 Å². The highest BCUT2D eigenvalue weighted by Gasteiger charge is 2.15. The first-order valence-corrected chi connectivity index (χ1v) is 7.77. The van der Waals surface area contributed by atoms with Crippen molar-refractivity contribution in [2.24, 2.45) is 0 Å². The first kappa shape index (κ1) is 15.6. The molecule has 2 aromatic rings. The Labute approximate surface area is 128 Å². The Balaban J connectivity index is 1.79. The number of rotatable bonds is 6. The van der Waals surface area contributed by atoms with Gasteiger partial charge in [-0.15, -0.1) is 11.8 Å². The Morgan fingerprint density at radius 3 is 2.52 bits per heavy atom. The fourth-order valence-corrected chi connectivity index (χ4v) is 2.81. The maximum absolute atomic E-state index is 13.5. The quantitative estimate of drug-likeness (QED) is 0.825. The normalized spacial score (nSPS) is 11.9. The first-order chi connectivity index (χ1) is 10.2. The minimum Gasteiger partial charge on any atom is -0.355 e. The van der Waals surface area contributed by atoms with Crippen molar-refractivity contribution in [3.05, 3.63) is 66.0 Å². The molecule has 0 aliphatic heterocycles. The molecule has 2 aromatic carbocycles. The molecule has 0 radical (unpaired) electrons. The number of thioether (sulfide) groups is 1. The molecule has 0 saturated heterocycles. The van der Waals surface area contributed by atoms with Crippen molar-refractivity contribution in [3.63, 3.8) is 0 Å². The third-order valence-electron chi connectivity index (χ3n) is 3.07. The standard InChI is InChI=1S/C17H18FNOS/c1-13(21-16-10-6-5-9-15(16)18)17(20)19-12-11-14-7-3-2-4-8-14/h2-10,13H,11-12H2,1H3,(H,19,20). The van der Waals surface area contributed by atoms with Crippen molar-refractivity contribution >= 4 is 17.7 Å². The van der Waals surface area contributed by atoms with E-state index >= 15 is 0 Å². The molecule has 0 aliphatic carbocycles. The third kappa shape index (κ3) is 4.90. The van der Waals surface area contributed by atoms with E-state index in [9.17, 15) is 9.18 Å². The summed E-state index contributed by atoms with van der Waals surface area (Å²) in [5.74, 6) is -0.356. The lowest BCUT2D eigenvalue weighted by molar-refractivity contribution is -0.120. The highest BCUT2D eigenvalue weighted by atomic mass is 32.2. The van der Waals surface area contributed by atoms with Crippen LogP contribution < -0.4 is 5.32 Å². The molecule has 1 N–H and O–H groups in total. The van der Waals surface area contributed by atoms with Crippen LogP contribution in [-0.2, 0) is 11.2 Å². The highest BCUT2D eigenvalue weighted by molar-refractivity contribution is 8.00. The van der Waals surface area contributed by atoms with Gasteiger partial charge in [-0.1, -0.05) is 42.5 Å². The summed E-state index contributed by atoms with van der Waals surface area (Å²) in [5, 5.41) is 2.57. The van der Waals surface area contributed by atoms with Crippen LogP contribution in [0.1, 0.15) is 12.5 Å². The molecule has 1 amide bonds. The molecule has 0 bridgehead atoms. The van der Waals surface area contributed by atoms with Crippen LogP contribution >= 0.6 is 11.8 Å². The number of hydrogen-bond acceptors (Lipinski definition) is 2. The summed E-state index contributed by atoms with van der Waals surface area (Å²) in [6.45, 7) is 2.37. The third-order valence-corrected chi connectivity index (χ3v) is 4.22. The van der Waals surface area contributed by atoms with E-state index < -0.39 is 0 Å². The van der Waals surface area contributed by atoms with Gasteiger partial charge in [0.1, 0.15) is 5.82 Å². The van der Waals surface area contributed by atoms with Gasteiger partial charge in [-0.2, -0.15) is 0 Å². The Morgan fingerprint density at radius 1 is 1.14 bits per heavy atom. The van der Waals surface area contributed by atoms with E-state index in [1.165, 1.54) is 23.4 Å². The summed E-state index contributed by atoms with van der Waals surface area (Å²) in [5.41, 5.74) is 1.19. The van der Waals surface area contributed by atoms with Crippen molar-refractivity contribution in [1.29, 1.82) is 0 Å². The van der Waals surface area contributed by atoms with Crippen LogP contribution in [0.15, 0.2) is 59.5 Å². The molecule has 0 aliphatic rings.